The molecule has 0 saturated heterocycles. The number of carbonyl (C=O) groups is 1. The Balaban J connectivity index is 2.12. The number of carboxylic acids is 1. The normalized spacial score (nSPS) is 10.9. The summed E-state index contributed by atoms with van der Waals surface area (Å²) in [5.74, 6) is -2.82. The van der Waals surface area contributed by atoms with E-state index in [2.05, 4.69) is 0 Å². The Morgan fingerprint density at radius 2 is 1.68 bits per heavy atom. The number of benzene rings is 3. The maximum atomic E-state index is 14.9. The number of hydrogen-bond acceptors (Lipinski definition) is 3. The van der Waals surface area contributed by atoms with Crippen molar-refractivity contribution in [3.8, 4) is 16.9 Å². The average molecular weight is 429 g/mol. The highest BCUT2D eigenvalue weighted by Gasteiger charge is 2.24. The van der Waals surface area contributed by atoms with Crippen LogP contribution in [-0.2, 0) is 4.79 Å². The van der Waals surface area contributed by atoms with Crippen LogP contribution in [-0.4, -0.2) is 24.7 Å². The molecule has 0 unspecified atom stereocenters. The molecule has 7 heteroatoms. The number of nitrogens with zero attached hydrogens (tertiary/aromatic N) is 1. The molecule has 0 aliphatic heterocycles. The van der Waals surface area contributed by atoms with Crippen molar-refractivity contribution in [1.82, 2.24) is 0 Å². The zero-order chi connectivity index (χ0) is 22.7. The molecule has 0 radical (unpaired) electrons. The fourth-order valence-electron chi connectivity index (χ4n) is 3.46. The van der Waals surface area contributed by atoms with Gasteiger partial charge < -0.3 is 14.7 Å². The molecule has 0 aliphatic rings. The summed E-state index contributed by atoms with van der Waals surface area (Å²) in [5, 5.41) is 8.92. The maximum Gasteiger partial charge on any atom is 0.341 e. The average Bonchev–Trinajstić information content (AvgIpc) is 2.72. The van der Waals surface area contributed by atoms with Crippen LogP contribution in [0.25, 0.3) is 11.1 Å². The zero-order valence-corrected chi connectivity index (χ0v) is 17.3. The van der Waals surface area contributed by atoms with Crippen molar-refractivity contribution in [2.24, 2.45) is 0 Å². The summed E-state index contributed by atoms with van der Waals surface area (Å²) in [5.41, 5.74) is 1.69. The summed E-state index contributed by atoms with van der Waals surface area (Å²) < 4.78 is 48.7. The predicted molar refractivity (Wildman–Crippen MR) is 113 cm³/mol. The van der Waals surface area contributed by atoms with E-state index in [1.54, 1.807) is 26.0 Å². The second-order valence-corrected chi connectivity index (χ2v) is 7.38. The molecule has 0 spiro atoms. The van der Waals surface area contributed by atoms with E-state index >= 15 is 0 Å². The third kappa shape index (κ3) is 4.82. The van der Waals surface area contributed by atoms with Crippen molar-refractivity contribution < 1.29 is 27.8 Å². The monoisotopic (exact) mass is 429 g/mol. The Morgan fingerprint density at radius 1 is 1.00 bits per heavy atom. The van der Waals surface area contributed by atoms with Crippen LogP contribution in [0.2, 0.25) is 0 Å². The second-order valence-electron chi connectivity index (χ2n) is 7.38. The van der Waals surface area contributed by atoms with Gasteiger partial charge in [0.05, 0.1) is 11.4 Å². The Hall–Kier alpha value is -3.48. The van der Waals surface area contributed by atoms with Crippen LogP contribution in [0.1, 0.15) is 25.3 Å². The number of aliphatic carboxylic acids is 1. The molecule has 0 amide bonds. The minimum absolute atomic E-state index is 0.0770. The molecule has 4 nitrogen and oxygen atoms in total. The van der Waals surface area contributed by atoms with Crippen LogP contribution >= 0.6 is 0 Å². The van der Waals surface area contributed by atoms with Crippen LogP contribution in [0, 0.1) is 17.5 Å². The van der Waals surface area contributed by atoms with Gasteiger partial charge in [0, 0.05) is 12.6 Å². The first-order valence-corrected chi connectivity index (χ1v) is 9.65. The molecule has 3 aromatic carbocycles. The van der Waals surface area contributed by atoms with E-state index in [1.165, 1.54) is 48.3 Å². The summed E-state index contributed by atoms with van der Waals surface area (Å²) in [6, 6.07) is 12.7. The van der Waals surface area contributed by atoms with Gasteiger partial charge in [0.1, 0.15) is 23.2 Å². The molecule has 3 aromatic rings. The highest BCUT2D eigenvalue weighted by atomic mass is 19.1. The van der Waals surface area contributed by atoms with E-state index in [0.29, 0.717) is 16.7 Å². The quantitative estimate of drug-likeness (QED) is 0.491. The van der Waals surface area contributed by atoms with Gasteiger partial charge in [0.2, 0.25) is 0 Å². The molecule has 0 fully saturated rings. The molecule has 0 bridgehead atoms. The van der Waals surface area contributed by atoms with E-state index in [1.807, 2.05) is 0 Å². The first kappa shape index (κ1) is 22.2. The van der Waals surface area contributed by atoms with Crippen LogP contribution in [0.4, 0.5) is 24.5 Å². The Morgan fingerprint density at radius 3 is 2.32 bits per heavy atom. The Labute approximate surface area is 178 Å². The van der Waals surface area contributed by atoms with Crippen molar-refractivity contribution in [2.75, 3.05) is 18.6 Å². The van der Waals surface area contributed by atoms with Gasteiger partial charge >= 0.3 is 5.97 Å². The minimum atomic E-state index is -1.16. The fraction of sp³-hybridized carbons (Fsp3) is 0.208. The lowest BCUT2D eigenvalue weighted by molar-refractivity contribution is -0.139. The van der Waals surface area contributed by atoms with Gasteiger partial charge in [-0.05, 0) is 53.4 Å². The first-order chi connectivity index (χ1) is 14.7. The molecule has 0 saturated carbocycles. The van der Waals surface area contributed by atoms with Crippen LogP contribution in [0.15, 0.2) is 54.6 Å². The Kier molecular flexibility index (Phi) is 6.53. The number of hydrogen-bond donors (Lipinski definition) is 1. The fourth-order valence-corrected chi connectivity index (χ4v) is 3.46. The summed E-state index contributed by atoms with van der Waals surface area (Å²) in [6.07, 6.45) is 0. The van der Waals surface area contributed by atoms with E-state index in [9.17, 15) is 18.0 Å². The SMILES string of the molecule is CC(C)c1c(OCC(=O)O)ccc(F)c1N(C)c1cc(-c2cccc(F)c2)ccc1F. The maximum absolute atomic E-state index is 14.9. The molecule has 0 aromatic heterocycles. The number of anilines is 2. The van der Waals surface area contributed by atoms with Crippen LogP contribution in [0.3, 0.4) is 0 Å². The topological polar surface area (TPSA) is 49.8 Å². The van der Waals surface area contributed by atoms with Crippen molar-refractivity contribution in [3.63, 3.8) is 0 Å². The van der Waals surface area contributed by atoms with Gasteiger partial charge in [0.15, 0.2) is 6.61 Å². The van der Waals surface area contributed by atoms with E-state index in [-0.39, 0.29) is 23.0 Å². The molecule has 162 valence electrons. The van der Waals surface area contributed by atoms with E-state index in [4.69, 9.17) is 9.84 Å². The molecule has 31 heavy (non-hydrogen) atoms. The van der Waals surface area contributed by atoms with E-state index < -0.39 is 30.0 Å². The Bertz CT molecular complexity index is 1120. The summed E-state index contributed by atoms with van der Waals surface area (Å²) in [7, 11) is 1.51. The van der Waals surface area contributed by atoms with Crippen molar-refractivity contribution in [2.45, 2.75) is 19.8 Å². The van der Waals surface area contributed by atoms with Crippen molar-refractivity contribution >= 4 is 17.3 Å². The van der Waals surface area contributed by atoms with Gasteiger partial charge in [-0.15, -0.1) is 0 Å². The van der Waals surface area contributed by atoms with Crippen LogP contribution in [0.5, 0.6) is 5.75 Å². The van der Waals surface area contributed by atoms with E-state index in [0.717, 1.165) is 6.07 Å². The number of halogens is 3. The molecular weight excluding hydrogens is 407 g/mol. The third-order valence-corrected chi connectivity index (χ3v) is 4.86. The summed E-state index contributed by atoms with van der Waals surface area (Å²) in [6.45, 7) is 3.02. The van der Waals surface area contributed by atoms with Gasteiger partial charge in [0.25, 0.3) is 0 Å². The molecule has 0 aliphatic carbocycles. The van der Waals surface area contributed by atoms with Gasteiger partial charge in [-0.3, -0.25) is 0 Å². The molecule has 0 heterocycles. The number of carboxylic acid groups (broad SMARTS) is 1. The first-order valence-electron chi connectivity index (χ1n) is 9.65. The summed E-state index contributed by atoms with van der Waals surface area (Å²) >= 11 is 0. The molecule has 1 N–H and O–H groups in total. The lowest BCUT2D eigenvalue weighted by Gasteiger charge is -2.27. The smallest absolute Gasteiger partial charge is 0.341 e. The van der Waals surface area contributed by atoms with Gasteiger partial charge in [-0.2, -0.15) is 0 Å². The van der Waals surface area contributed by atoms with Crippen molar-refractivity contribution in [3.05, 3.63) is 77.6 Å². The predicted octanol–water partition coefficient (Wildman–Crippen LogP) is 6.13. The third-order valence-electron chi connectivity index (χ3n) is 4.86. The lowest BCUT2D eigenvalue weighted by Crippen LogP contribution is -2.18. The lowest BCUT2D eigenvalue weighted by atomic mass is 9.98. The largest absolute Gasteiger partial charge is 0.482 e. The van der Waals surface area contributed by atoms with Crippen LogP contribution < -0.4 is 9.64 Å². The summed E-state index contributed by atoms with van der Waals surface area (Å²) in [4.78, 5) is 12.3. The molecule has 3 rings (SSSR count). The number of ether oxygens (including phenoxy) is 1. The highest BCUT2D eigenvalue weighted by Crippen LogP contribution is 2.41. The molecular formula is C24H22F3NO3. The standard InChI is InChI=1S/C24H22F3NO3/c1-14(2)23-21(31-13-22(29)30)10-9-19(27)24(23)28(3)20-12-16(7-8-18(20)26)15-5-4-6-17(25)11-15/h4-12,14H,13H2,1-3H3,(H,29,30). The number of rotatable bonds is 7. The molecule has 0 atom stereocenters. The highest BCUT2D eigenvalue weighted by molar-refractivity contribution is 5.75. The van der Waals surface area contributed by atoms with Gasteiger partial charge in [-0.25, -0.2) is 18.0 Å². The second kappa shape index (κ2) is 9.12. The minimum Gasteiger partial charge on any atom is -0.482 e. The van der Waals surface area contributed by atoms with Crippen molar-refractivity contribution in [1.29, 1.82) is 0 Å². The van der Waals surface area contributed by atoms with Gasteiger partial charge in [-0.1, -0.05) is 32.0 Å². The zero-order valence-electron chi connectivity index (χ0n) is 17.3.